The van der Waals surface area contributed by atoms with Gasteiger partial charge in [0.1, 0.15) is 5.82 Å². The molecule has 0 atom stereocenters. The van der Waals surface area contributed by atoms with Crippen LogP contribution in [0.3, 0.4) is 0 Å². The molecule has 0 radical (unpaired) electrons. The third-order valence-corrected chi connectivity index (χ3v) is 6.06. The number of likely N-dealkylation sites (N-methyl/N-ethyl adjacent to an activating group) is 1. The Kier molecular flexibility index (Phi) is 5.47. The molecule has 2 aliphatic rings. The summed E-state index contributed by atoms with van der Waals surface area (Å²) >= 11 is 0. The zero-order valence-electron chi connectivity index (χ0n) is 16.5. The normalized spacial score (nSPS) is 19.4. The van der Waals surface area contributed by atoms with Crippen LogP contribution in [0.2, 0.25) is 0 Å². The topological polar surface area (TPSA) is 35.6 Å². The summed E-state index contributed by atoms with van der Waals surface area (Å²) in [5.74, 6) is -0.225. The lowest BCUT2D eigenvalue weighted by Gasteiger charge is -2.32. The summed E-state index contributed by atoms with van der Waals surface area (Å²) in [6, 6.07) is 14.8. The van der Waals surface area contributed by atoms with Gasteiger partial charge in [0.25, 0.3) is 0 Å². The Labute approximate surface area is 166 Å². The van der Waals surface area contributed by atoms with E-state index in [0.717, 1.165) is 56.7 Å². The summed E-state index contributed by atoms with van der Waals surface area (Å²) < 4.78 is 13.2. The van der Waals surface area contributed by atoms with Gasteiger partial charge < -0.3 is 10.2 Å². The number of halogens is 1. The standard InChI is InChI=1S/C23H28FN3O/c1-26-12-14-27(15-13-26)17-19-4-2-18(3-5-19)16-25-22(28)23(10-11-23)20-6-8-21(24)9-7-20/h2-9H,10-17H2,1H3,(H,25,28). The molecule has 1 aliphatic carbocycles. The van der Waals surface area contributed by atoms with E-state index in [1.165, 1.54) is 17.7 Å². The van der Waals surface area contributed by atoms with E-state index in [1.54, 1.807) is 12.1 Å². The summed E-state index contributed by atoms with van der Waals surface area (Å²) in [6.07, 6.45) is 1.66. The molecule has 1 N–H and O–H groups in total. The maximum Gasteiger partial charge on any atom is 0.230 e. The highest BCUT2D eigenvalue weighted by Crippen LogP contribution is 2.48. The van der Waals surface area contributed by atoms with E-state index in [0.29, 0.717) is 6.54 Å². The van der Waals surface area contributed by atoms with Crippen molar-refractivity contribution in [1.29, 1.82) is 0 Å². The molecule has 4 rings (SSSR count). The number of nitrogens with zero attached hydrogens (tertiary/aromatic N) is 2. The molecule has 1 amide bonds. The zero-order chi connectivity index (χ0) is 19.6. The fraction of sp³-hybridized carbons (Fsp3) is 0.435. The van der Waals surface area contributed by atoms with Gasteiger partial charge in [-0.2, -0.15) is 0 Å². The number of piperazine rings is 1. The minimum atomic E-state index is -0.463. The molecule has 0 bridgehead atoms. The first-order chi connectivity index (χ1) is 13.5. The first-order valence-electron chi connectivity index (χ1n) is 10.1. The average Bonchev–Trinajstić information content (AvgIpc) is 3.51. The van der Waals surface area contributed by atoms with Crippen LogP contribution >= 0.6 is 0 Å². The number of nitrogens with one attached hydrogen (secondary N) is 1. The maximum atomic E-state index is 13.2. The second kappa shape index (κ2) is 8.02. The van der Waals surface area contributed by atoms with Crippen LogP contribution in [0.15, 0.2) is 48.5 Å². The highest BCUT2D eigenvalue weighted by atomic mass is 19.1. The molecule has 28 heavy (non-hydrogen) atoms. The van der Waals surface area contributed by atoms with E-state index in [2.05, 4.69) is 46.4 Å². The molecule has 1 heterocycles. The minimum absolute atomic E-state index is 0.0422. The van der Waals surface area contributed by atoms with E-state index in [-0.39, 0.29) is 11.7 Å². The molecule has 2 aromatic rings. The van der Waals surface area contributed by atoms with Crippen molar-refractivity contribution in [1.82, 2.24) is 15.1 Å². The predicted molar refractivity (Wildman–Crippen MR) is 108 cm³/mol. The van der Waals surface area contributed by atoms with Gasteiger partial charge in [-0.1, -0.05) is 36.4 Å². The number of hydrogen-bond acceptors (Lipinski definition) is 3. The predicted octanol–water partition coefficient (Wildman–Crippen LogP) is 2.92. The Balaban J connectivity index is 1.30. The van der Waals surface area contributed by atoms with E-state index < -0.39 is 5.41 Å². The van der Waals surface area contributed by atoms with E-state index in [1.807, 2.05) is 0 Å². The van der Waals surface area contributed by atoms with Gasteiger partial charge in [0, 0.05) is 39.3 Å². The number of rotatable bonds is 6. The van der Waals surface area contributed by atoms with E-state index in [9.17, 15) is 9.18 Å². The lowest BCUT2D eigenvalue weighted by Crippen LogP contribution is -2.43. The number of carbonyl (C=O) groups excluding carboxylic acids is 1. The molecule has 1 saturated heterocycles. The van der Waals surface area contributed by atoms with Crippen LogP contribution < -0.4 is 5.32 Å². The first kappa shape index (κ1) is 19.1. The number of benzene rings is 2. The maximum absolute atomic E-state index is 13.2. The van der Waals surface area contributed by atoms with Crippen molar-refractivity contribution >= 4 is 5.91 Å². The quantitative estimate of drug-likeness (QED) is 0.836. The smallest absolute Gasteiger partial charge is 0.230 e. The monoisotopic (exact) mass is 381 g/mol. The van der Waals surface area contributed by atoms with Crippen molar-refractivity contribution in [3.05, 3.63) is 71.0 Å². The summed E-state index contributed by atoms with van der Waals surface area (Å²) in [5, 5.41) is 3.07. The van der Waals surface area contributed by atoms with Crippen molar-refractivity contribution < 1.29 is 9.18 Å². The van der Waals surface area contributed by atoms with Gasteiger partial charge in [-0.15, -0.1) is 0 Å². The Morgan fingerprint density at radius 1 is 0.964 bits per heavy atom. The molecular formula is C23H28FN3O. The van der Waals surface area contributed by atoms with Crippen molar-refractivity contribution in [2.75, 3.05) is 33.2 Å². The second-order valence-electron chi connectivity index (χ2n) is 8.17. The molecule has 0 unspecified atom stereocenters. The lowest BCUT2D eigenvalue weighted by molar-refractivity contribution is -0.123. The molecule has 1 aliphatic heterocycles. The van der Waals surface area contributed by atoms with Crippen LogP contribution in [-0.4, -0.2) is 48.9 Å². The van der Waals surface area contributed by atoms with Gasteiger partial charge in [-0.3, -0.25) is 9.69 Å². The summed E-state index contributed by atoms with van der Waals surface area (Å²) in [6.45, 7) is 5.98. The molecule has 2 fully saturated rings. The molecule has 4 nitrogen and oxygen atoms in total. The largest absolute Gasteiger partial charge is 0.351 e. The second-order valence-corrected chi connectivity index (χ2v) is 8.17. The van der Waals surface area contributed by atoms with Crippen LogP contribution in [0.4, 0.5) is 4.39 Å². The van der Waals surface area contributed by atoms with Crippen LogP contribution in [-0.2, 0) is 23.3 Å². The third kappa shape index (κ3) is 4.26. The van der Waals surface area contributed by atoms with Gasteiger partial charge in [0.15, 0.2) is 0 Å². The van der Waals surface area contributed by atoms with Crippen LogP contribution in [0.25, 0.3) is 0 Å². The molecular weight excluding hydrogens is 353 g/mol. The average molecular weight is 381 g/mol. The fourth-order valence-electron chi connectivity index (χ4n) is 3.92. The van der Waals surface area contributed by atoms with Crippen molar-refractivity contribution in [2.45, 2.75) is 31.3 Å². The molecule has 5 heteroatoms. The zero-order valence-corrected chi connectivity index (χ0v) is 16.5. The number of carbonyl (C=O) groups is 1. The Bertz CT molecular complexity index is 807. The third-order valence-electron chi connectivity index (χ3n) is 6.06. The van der Waals surface area contributed by atoms with Gasteiger partial charge >= 0.3 is 0 Å². The summed E-state index contributed by atoms with van der Waals surface area (Å²) in [7, 11) is 2.17. The summed E-state index contributed by atoms with van der Waals surface area (Å²) in [4.78, 5) is 17.6. The van der Waals surface area contributed by atoms with Crippen molar-refractivity contribution in [3.8, 4) is 0 Å². The van der Waals surface area contributed by atoms with Gasteiger partial charge in [-0.05, 0) is 48.7 Å². The SMILES string of the molecule is CN1CCN(Cc2ccc(CNC(=O)C3(c4ccc(F)cc4)CC3)cc2)CC1. The Morgan fingerprint density at radius 3 is 2.18 bits per heavy atom. The van der Waals surface area contributed by atoms with Gasteiger partial charge in [0.05, 0.1) is 5.41 Å². The van der Waals surface area contributed by atoms with Gasteiger partial charge in [0.2, 0.25) is 5.91 Å². The highest BCUT2D eigenvalue weighted by molar-refractivity contribution is 5.91. The number of amides is 1. The Hall–Kier alpha value is -2.24. The number of hydrogen-bond donors (Lipinski definition) is 1. The van der Waals surface area contributed by atoms with Gasteiger partial charge in [-0.25, -0.2) is 4.39 Å². The minimum Gasteiger partial charge on any atom is -0.351 e. The van der Waals surface area contributed by atoms with E-state index >= 15 is 0 Å². The van der Waals surface area contributed by atoms with E-state index in [4.69, 9.17) is 0 Å². The summed E-state index contributed by atoms with van der Waals surface area (Å²) in [5.41, 5.74) is 2.86. The molecule has 0 aromatic heterocycles. The Morgan fingerprint density at radius 2 is 1.57 bits per heavy atom. The lowest BCUT2D eigenvalue weighted by atomic mass is 9.95. The van der Waals surface area contributed by atoms with Crippen LogP contribution in [0.1, 0.15) is 29.5 Å². The van der Waals surface area contributed by atoms with Crippen molar-refractivity contribution in [2.24, 2.45) is 0 Å². The van der Waals surface area contributed by atoms with Crippen molar-refractivity contribution in [3.63, 3.8) is 0 Å². The molecule has 2 aromatic carbocycles. The van der Waals surface area contributed by atoms with Crippen LogP contribution in [0.5, 0.6) is 0 Å². The molecule has 1 saturated carbocycles. The highest BCUT2D eigenvalue weighted by Gasteiger charge is 2.51. The van der Waals surface area contributed by atoms with Crippen LogP contribution in [0, 0.1) is 5.82 Å². The molecule has 0 spiro atoms. The fourth-order valence-corrected chi connectivity index (χ4v) is 3.92. The first-order valence-corrected chi connectivity index (χ1v) is 10.1. The molecule has 148 valence electrons.